The predicted octanol–water partition coefficient (Wildman–Crippen LogP) is 3.19. The number of piperazine rings is 1. The first kappa shape index (κ1) is 18.9. The van der Waals surface area contributed by atoms with E-state index in [0.717, 1.165) is 16.9 Å². The van der Waals surface area contributed by atoms with E-state index in [1.807, 2.05) is 17.0 Å². The van der Waals surface area contributed by atoms with Crippen molar-refractivity contribution in [2.24, 2.45) is 0 Å². The first-order valence-corrected chi connectivity index (χ1v) is 9.72. The normalized spacial score (nSPS) is 14.0. The molecule has 148 valence electrons. The number of hydrogen-bond donors (Lipinski definition) is 1. The molecule has 29 heavy (non-hydrogen) atoms. The highest BCUT2D eigenvalue weighted by molar-refractivity contribution is 5.93. The number of amides is 1. The molecule has 4 rings (SSSR count). The summed E-state index contributed by atoms with van der Waals surface area (Å²) in [4.78, 5) is 29.7. The third kappa shape index (κ3) is 4.34. The fourth-order valence-electron chi connectivity index (χ4n) is 3.46. The summed E-state index contributed by atoms with van der Waals surface area (Å²) in [6, 6.07) is 11.7. The number of rotatable bonds is 4. The van der Waals surface area contributed by atoms with Gasteiger partial charge in [-0.15, -0.1) is 0 Å². The number of carbonyl (C=O) groups excluding carboxylic acids is 1. The Balaban J connectivity index is 1.42. The Bertz CT molecular complexity index is 999. The van der Waals surface area contributed by atoms with Gasteiger partial charge >= 0.3 is 0 Å². The fourth-order valence-corrected chi connectivity index (χ4v) is 3.46. The lowest BCUT2D eigenvalue weighted by Gasteiger charge is -2.34. The van der Waals surface area contributed by atoms with Crippen LogP contribution in [0.1, 0.15) is 21.6 Å². The lowest BCUT2D eigenvalue weighted by Crippen LogP contribution is -2.49. The Labute approximate surface area is 170 Å². The molecule has 0 radical (unpaired) electrons. The fraction of sp³-hybridized carbons (Fsp3) is 0.273. The number of aryl methyl sites for hydroxylation is 2. The first-order chi connectivity index (χ1) is 14.1. The van der Waals surface area contributed by atoms with Gasteiger partial charge in [0.2, 0.25) is 5.95 Å². The third-order valence-corrected chi connectivity index (χ3v) is 5.04. The second kappa shape index (κ2) is 8.26. The molecular weight excluding hydrogens is 364 g/mol. The highest BCUT2D eigenvalue weighted by Gasteiger charge is 2.24. The van der Waals surface area contributed by atoms with E-state index < -0.39 is 0 Å². The summed E-state index contributed by atoms with van der Waals surface area (Å²) in [6.45, 7) is 6.79. The highest BCUT2D eigenvalue weighted by atomic mass is 16.2. The molecule has 1 N–H and O–H groups in total. The van der Waals surface area contributed by atoms with Crippen molar-refractivity contribution in [3.63, 3.8) is 0 Å². The maximum atomic E-state index is 12.9. The zero-order valence-electron chi connectivity index (χ0n) is 16.7. The Morgan fingerprint density at radius 1 is 0.931 bits per heavy atom. The highest BCUT2D eigenvalue weighted by Crippen LogP contribution is 2.22. The minimum Gasteiger partial charge on any atom is -0.355 e. The number of aromatic nitrogens is 3. The lowest BCUT2D eigenvalue weighted by molar-refractivity contribution is 0.0740. The molecule has 1 saturated heterocycles. The lowest BCUT2D eigenvalue weighted by atomic mass is 10.1. The summed E-state index contributed by atoms with van der Waals surface area (Å²) in [5, 5.41) is 3.39. The molecular formula is C22H24N6O. The zero-order chi connectivity index (χ0) is 20.2. The van der Waals surface area contributed by atoms with Crippen LogP contribution in [0, 0.1) is 13.8 Å². The van der Waals surface area contributed by atoms with Crippen molar-refractivity contribution in [1.82, 2.24) is 19.9 Å². The van der Waals surface area contributed by atoms with Gasteiger partial charge < -0.3 is 15.1 Å². The smallest absolute Gasteiger partial charge is 0.272 e. The average Bonchev–Trinajstić information content (AvgIpc) is 2.76. The van der Waals surface area contributed by atoms with E-state index >= 15 is 0 Å². The second-order valence-corrected chi connectivity index (χ2v) is 7.20. The molecule has 1 aliphatic rings. The average molecular weight is 388 g/mol. The van der Waals surface area contributed by atoms with E-state index in [1.165, 1.54) is 5.56 Å². The van der Waals surface area contributed by atoms with Crippen LogP contribution in [0.3, 0.4) is 0 Å². The van der Waals surface area contributed by atoms with Crippen LogP contribution in [0.15, 0.2) is 55.0 Å². The second-order valence-electron chi connectivity index (χ2n) is 7.20. The molecule has 0 bridgehead atoms. The molecule has 7 nitrogen and oxygen atoms in total. The minimum atomic E-state index is -0.0529. The van der Waals surface area contributed by atoms with Crippen molar-refractivity contribution in [3.05, 3.63) is 71.8 Å². The first-order valence-electron chi connectivity index (χ1n) is 9.72. The summed E-state index contributed by atoms with van der Waals surface area (Å²) in [7, 11) is 0. The molecule has 1 amide bonds. The minimum absolute atomic E-state index is 0.0529. The van der Waals surface area contributed by atoms with E-state index in [2.05, 4.69) is 57.2 Å². The SMILES string of the molecule is Cc1ccc(Nc2ccnc(C(=O)N3CCN(c4ncccn4)CC3)c2)c(C)c1. The molecule has 0 spiro atoms. The largest absolute Gasteiger partial charge is 0.355 e. The van der Waals surface area contributed by atoms with Gasteiger partial charge in [0, 0.05) is 56.1 Å². The van der Waals surface area contributed by atoms with Gasteiger partial charge in [-0.3, -0.25) is 9.78 Å². The van der Waals surface area contributed by atoms with Crippen molar-refractivity contribution >= 4 is 23.2 Å². The van der Waals surface area contributed by atoms with Crippen molar-refractivity contribution in [2.75, 3.05) is 36.4 Å². The quantitative estimate of drug-likeness (QED) is 0.740. The van der Waals surface area contributed by atoms with Gasteiger partial charge in [-0.1, -0.05) is 17.7 Å². The number of pyridine rings is 1. The number of benzene rings is 1. The molecule has 0 unspecified atom stereocenters. The van der Waals surface area contributed by atoms with Crippen molar-refractivity contribution in [1.29, 1.82) is 0 Å². The van der Waals surface area contributed by atoms with E-state index in [-0.39, 0.29) is 5.91 Å². The molecule has 1 aliphatic heterocycles. The maximum absolute atomic E-state index is 12.9. The van der Waals surface area contributed by atoms with Gasteiger partial charge in [0.15, 0.2) is 0 Å². The van der Waals surface area contributed by atoms with Gasteiger partial charge in [-0.05, 0) is 43.7 Å². The number of nitrogens with one attached hydrogen (secondary N) is 1. The molecule has 0 saturated carbocycles. The summed E-state index contributed by atoms with van der Waals surface area (Å²) >= 11 is 0. The molecule has 3 aromatic rings. The van der Waals surface area contributed by atoms with Gasteiger partial charge in [-0.25, -0.2) is 9.97 Å². The molecule has 0 atom stereocenters. The van der Waals surface area contributed by atoms with Gasteiger partial charge in [0.1, 0.15) is 5.69 Å². The van der Waals surface area contributed by atoms with Crippen LogP contribution in [0.4, 0.5) is 17.3 Å². The van der Waals surface area contributed by atoms with E-state index in [9.17, 15) is 4.79 Å². The number of carbonyl (C=O) groups is 1. The summed E-state index contributed by atoms with van der Waals surface area (Å²) in [5.41, 5.74) is 4.71. The number of nitrogens with zero attached hydrogens (tertiary/aromatic N) is 5. The van der Waals surface area contributed by atoms with Crippen molar-refractivity contribution in [3.8, 4) is 0 Å². The Morgan fingerprint density at radius 2 is 1.69 bits per heavy atom. The maximum Gasteiger partial charge on any atom is 0.272 e. The van der Waals surface area contributed by atoms with Crippen LogP contribution < -0.4 is 10.2 Å². The van der Waals surface area contributed by atoms with Crippen LogP contribution in [-0.4, -0.2) is 51.9 Å². The van der Waals surface area contributed by atoms with Crippen molar-refractivity contribution in [2.45, 2.75) is 13.8 Å². The molecule has 2 aromatic heterocycles. The van der Waals surface area contributed by atoms with Gasteiger partial charge in [-0.2, -0.15) is 0 Å². The zero-order valence-corrected chi connectivity index (χ0v) is 16.7. The summed E-state index contributed by atoms with van der Waals surface area (Å²) < 4.78 is 0. The summed E-state index contributed by atoms with van der Waals surface area (Å²) in [5.74, 6) is 0.653. The van der Waals surface area contributed by atoms with Crippen molar-refractivity contribution < 1.29 is 4.79 Å². The standard InChI is InChI=1S/C22H24N6O/c1-16-4-5-19(17(2)14-16)26-18-6-9-23-20(15-18)21(29)27-10-12-28(13-11-27)22-24-7-3-8-25-22/h3-9,14-15H,10-13H2,1-2H3,(H,23,26). The Morgan fingerprint density at radius 3 is 2.41 bits per heavy atom. The third-order valence-electron chi connectivity index (χ3n) is 5.04. The van der Waals surface area contributed by atoms with E-state index in [4.69, 9.17) is 0 Å². The van der Waals surface area contributed by atoms with Crippen LogP contribution in [0.2, 0.25) is 0 Å². The van der Waals surface area contributed by atoms with E-state index in [1.54, 1.807) is 24.7 Å². The monoisotopic (exact) mass is 388 g/mol. The van der Waals surface area contributed by atoms with Gasteiger partial charge in [0.05, 0.1) is 0 Å². The Hall–Kier alpha value is -3.48. The molecule has 3 heterocycles. The molecule has 1 aromatic carbocycles. The topological polar surface area (TPSA) is 74.2 Å². The van der Waals surface area contributed by atoms with E-state index in [0.29, 0.717) is 37.8 Å². The molecule has 0 aliphatic carbocycles. The predicted molar refractivity (Wildman–Crippen MR) is 114 cm³/mol. The van der Waals surface area contributed by atoms with Crippen LogP contribution >= 0.6 is 0 Å². The number of anilines is 3. The summed E-state index contributed by atoms with van der Waals surface area (Å²) in [6.07, 6.45) is 5.14. The Kier molecular flexibility index (Phi) is 5.37. The van der Waals surface area contributed by atoms with Crippen LogP contribution in [0.25, 0.3) is 0 Å². The molecule has 1 fully saturated rings. The van der Waals surface area contributed by atoms with Crippen LogP contribution in [0.5, 0.6) is 0 Å². The van der Waals surface area contributed by atoms with Gasteiger partial charge in [0.25, 0.3) is 5.91 Å². The van der Waals surface area contributed by atoms with Crippen LogP contribution in [-0.2, 0) is 0 Å². The molecule has 7 heteroatoms. The number of hydrogen-bond acceptors (Lipinski definition) is 6.